The zero-order valence-electron chi connectivity index (χ0n) is 17.5. The number of anilines is 1. The largest absolute Gasteiger partial charge is 0.378 e. The molecule has 0 spiro atoms. The van der Waals surface area contributed by atoms with Gasteiger partial charge in [0.15, 0.2) is 0 Å². The lowest BCUT2D eigenvalue weighted by Gasteiger charge is -2.43. The number of nitrogens with zero attached hydrogens (tertiary/aromatic N) is 1. The summed E-state index contributed by atoms with van der Waals surface area (Å²) < 4.78 is 0. The summed E-state index contributed by atoms with van der Waals surface area (Å²) in [5.74, 6) is 2.65. The molecule has 3 aromatic rings. The van der Waals surface area contributed by atoms with Crippen molar-refractivity contribution < 1.29 is 4.79 Å². The fraction of sp³-hybridized carbons (Fsp3) is 0.333. The molecule has 4 heteroatoms. The first-order valence-corrected chi connectivity index (χ1v) is 11.4. The Balaban J connectivity index is 1.30. The van der Waals surface area contributed by atoms with Gasteiger partial charge in [0.05, 0.1) is 18.3 Å². The van der Waals surface area contributed by atoms with E-state index >= 15 is 0 Å². The Bertz CT molecular complexity index is 1100. The molecule has 2 N–H and O–H groups in total. The number of carbonyl (C=O) groups is 1. The molecule has 2 aliphatic carbocycles. The van der Waals surface area contributed by atoms with Gasteiger partial charge in [-0.3, -0.25) is 9.78 Å². The van der Waals surface area contributed by atoms with Crippen LogP contribution in [0.25, 0.3) is 0 Å². The van der Waals surface area contributed by atoms with Crippen molar-refractivity contribution in [2.75, 3.05) is 5.32 Å². The zero-order chi connectivity index (χ0) is 20.8. The van der Waals surface area contributed by atoms with E-state index in [0.717, 1.165) is 23.1 Å². The molecule has 1 aromatic heterocycles. The number of pyridine rings is 1. The quantitative estimate of drug-likeness (QED) is 0.614. The predicted molar refractivity (Wildman–Crippen MR) is 122 cm³/mol. The molecular weight excluding hydrogens is 382 g/mol. The van der Waals surface area contributed by atoms with Crippen LogP contribution in [0.3, 0.4) is 0 Å². The fourth-order valence-corrected chi connectivity index (χ4v) is 6.39. The minimum atomic E-state index is -0.0293. The first-order chi connectivity index (χ1) is 15.3. The van der Waals surface area contributed by atoms with Gasteiger partial charge in [-0.2, -0.15) is 0 Å². The summed E-state index contributed by atoms with van der Waals surface area (Å²) in [5.41, 5.74) is 5.54. The molecule has 5 atom stereocenters. The van der Waals surface area contributed by atoms with E-state index in [-0.39, 0.29) is 5.91 Å². The number of fused-ring (bicyclic) bond motifs is 7. The maximum Gasteiger partial charge on any atom is 0.251 e. The van der Waals surface area contributed by atoms with Crippen LogP contribution in [0.2, 0.25) is 0 Å². The van der Waals surface area contributed by atoms with Crippen molar-refractivity contribution in [1.29, 1.82) is 0 Å². The van der Waals surface area contributed by atoms with E-state index in [1.165, 1.54) is 36.1 Å². The molecule has 156 valence electrons. The maximum absolute atomic E-state index is 12.9. The third-order valence-electron chi connectivity index (χ3n) is 7.66. The number of benzene rings is 2. The van der Waals surface area contributed by atoms with Crippen molar-refractivity contribution in [3.05, 3.63) is 95.3 Å². The van der Waals surface area contributed by atoms with E-state index in [2.05, 4.69) is 58.1 Å². The molecule has 0 radical (unpaired) electrons. The van der Waals surface area contributed by atoms with Crippen molar-refractivity contribution >= 4 is 11.6 Å². The lowest BCUT2D eigenvalue weighted by molar-refractivity contribution is 0.0950. The van der Waals surface area contributed by atoms with Gasteiger partial charge < -0.3 is 10.6 Å². The smallest absolute Gasteiger partial charge is 0.251 e. The average molecular weight is 410 g/mol. The fourth-order valence-electron chi connectivity index (χ4n) is 6.39. The van der Waals surface area contributed by atoms with Crippen LogP contribution in [0, 0.1) is 17.8 Å². The first kappa shape index (κ1) is 18.6. The van der Waals surface area contributed by atoms with Crippen LogP contribution < -0.4 is 10.6 Å². The van der Waals surface area contributed by atoms with E-state index in [4.69, 9.17) is 0 Å². The number of hydrogen-bond donors (Lipinski definition) is 2. The molecule has 6 rings (SSSR count). The van der Waals surface area contributed by atoms with E-state index in [1.54, 1.807) is 6.20 Å². The molecular formula is C27H27N3O. The Morgan fingerprint density at radius 3 is 2.68 bits per heavy atom. The molecule has 2 heterocycles. The van der Waals surface area contributed by atoms with Gasteiger partial charge in [0.2, 0.25) is 0 Å². The minimum absolute atomic E-state index is 0.0293. The summed E-state index contributed by atoms with van der Waals surface area (Å²) in [6.45, 7) is 0.446. The van der Waals surface area contributed by atoms with Gasteiger partial charge in [-0.1, -0.05) is 36.4 Å². The van der Waals surface area contributed by atoms with Gasteiger partial charge in [0.25, 0.3) is 5.91 Å². The van der Waals surface area contributed by atoms with Crippen molar-refractivity contribution in [2.24, 2.45) is 17.8 Å². The maximum atomic E-state index is 12.9. The molecule has 0 saturated heterocycles. The van der Waals surface area contributed by atoms with E-state index in [9.17, 15) is 4.79 Å². The van der Waals surface area contributed by atoms with Crippen molar-refractivity contribution in [1.82, 2.24) is 10.3 Å². The molecule has 1 amide bonds. The highest BCUT2D eigenvalue weighted by molar-refractivity contribution is 5.95. The highest BCUT2D eigenvalue weighted by atomic mass is 16.1. The van der Waals surface area contributed by atoms with Gasteiger partial charge in [-0.25, -0.2) is 0 Å². The normalized spacial score (nSPS) is 27.8. The van der Waals surface area contributed by atoms with Gasteiger partial charge in [-0.15, -0.1) is 0 Å². The van der Waals surface area contributed by atoms with Gasteiger partial charge in [-0.05, 0) is 84.4 Å². The van der Waals surface area contributed by atoms with E-state index in [1.807, 2.05) is 24.3 Å². The number of hydrogen-bond acceptors (Lipinski definition) is 3. The number of rotatable bonds is 4. The van der Waals surface area contributed by atoms with Crippen LogP contribution in [0.1, 0.15) is 58.4 Å². The molecule has 2 bridgehead atoms. The summed E-state index contributed by atoms with van der Waals surface area (Å²) >= 11 is 0. The second-order valence-electron chi connectivity index (χ2n) is 9.27. The van der Waals surface area contributed by atoms with Gasteiger partial charge >= 0.3 is 0 Å². The Labute approximate surface area is 183 Å². The van der Waals surface area contributed by atoms with Crippen LogP contribution in [-0.4, -0.2) is 10.9 Å². The average Bonchev–Trinajstić information content (AvgIpc) is 3.46. The second kappa shape index (κ2) is 7.52. The lowest BCUT2D eigenvalue weighted by Crippen LogP contribution is -2.35. The molecule has 2 fully saturated rings. The third kappa shape index (κ3) is 3.21. The molecule has 4 nitrogen and oxygen atoms in total. The second-order valence-corrected chi connectivity index (χ2v) is 9.27. The number of amides is 1. The van der Waals surface area contributed by atoms with Crippen molar-refractivity contribution in [3.8, 4) is 0 Å². The standard InChI is InChI=1S/C27H27N3O/c31-27(29-16-21-8-4-5-13-28-21)20-11-12-23-22(15-20)24-18-9-10-19(14-18)25(24)26(30-23)17-6-2-1-3-7-17/h1-8,11-13,15,18-19,24-26,30H,9-10,14,16H2,(H,29,31)/t18-,19+,24+,25-,26-/m0/s1. The molecule has 0 unspecified atom stereocenters. The van der Waals surface area contributed by atoms with Crippen molar-refractivity contribution in [2.45, 2.75) is 37.8 Å². The van der Waals surface area contributed by atoms with Crippen LogP contribution in [0.4, 0.5) is 5.69 Å². The zero-order valence-corrected chi connectivity index (χ0v) is 17.5. The summed E-state index contributed by atoms with van der Waals surface area (Å²) in [4.78, 5) is 17.2. The molecule has 31 heavy (non-hydrogen) atoms. The molecule has 3 aliphatic rings. The summed E-state index contributed by atoms with van der Waals surface area (Å²) in [6, 6.07) is 23.2. The van der Waals surface area contributed by atoms with Crippen LogP contribution in [-0.2, 0) is 6.54 Å². The van der Waals surface area contributed by atoms with Crippen molar-refractivity contribution in [3.63, 3.8) is 0 Å². The number of carbonyl (C=O) groups excluding carboxylic acids is 1. The minimum Gasteiger partial charge on any atom is -0.378 e. The third-order valence-corrected chi connectivity index (χ3v) is 7.66. The Morgan fingerprint density at radius 2 is 1.84 bits per heavy atom. The summed E-state index contributed by atoms with van der Waals surface area (Å²) in [6.07, 6.45) is 5.75. The van der Waals surface area contributed by atoms with Gasteiger partial charge in [0, 0.05) is 17.4 Å². The molecule has 2 aromatic carbocycles. The Kier molecular flexibility index (Phi) is 4.52. The van der Waals surface area contributed by atoms with E-state index in [0.29, 0.717) is 24.4 Å². The highest BCUT2D eigenvalue weighted by Crippen LogP contribution is 2.63. The molecule has 1 aliphatic heterocycles. The lowest BCUT2D eigenvalue weighted by atomic mass is 9.68. The topological polar surface area (TPSA) is 54.0 Å². The van der Waals surface area contributed by atoms with Crippen LogP contribution >= 0.6 is 0 Å². The monoisotopic (exact) mass is 409 g/mol. The summed E-state index contributed by atoms with van der Waals surface area (Å²) in [5, 5.41) is 6.88. The number of aromatic nitrogens is 1. The van der Waals surface area contributed by atoms with Gasteiger partial charge in [0.1, 0.15) is 0 Å². The first-order valence-electron chi connectivity index (χ1n) is 11.4. The predicted octanol–water partition coefficient (Wildman–Crippen LogP) is 5.31. The Morgan fingerprint density at radius 1 is 1.00 bits per heavy atom. The molecule has 2 saturated carbocycles. The number of nitrogens with one attached hydrogen (secondary N) is 2. The van der Waals surface area contributed by atoms with Crippen LogP contribution in [0.5, 0.6) is 0 Å². The highest BCUT2D eigenvalue weighted by Gasteiger charge is 2.53. The SMILES string of the molecule is O=C(NCc1ccccn1)c1ccc2c(c1)[C@H]1[C@H]3CC[C@H](C3)[C@@H]1[C@H](c1ccccc1)N2. The van der Waals surface area contributed by atoms with E-state index < -0.39 is 0 Å². The summed E-state index contributed by atoms with van der Waals surface area (Å²) in [7, 11) is 0. The van der Waals surface area contributed by atoms with Crippen LogP contribution in [0.15, 0.2) is 72.9 Å². The Hall–Kier alpha value is -3.14.